The number of fused-ring (bicyclic) bond motifs is 1. The predicted octanol–water partition coefficient (Wildman–Crippen LogP) is 1.14. The maximum absolute atomic E-state index is 12.1. The first kappa shape index (κ1) is 16.8. The molecule has 1 amide bonds. The van der Waals surface area contributed by atoms with Gasteiger partial charge in [0.05, 0.1) is 6.54 Å². The molecule has 1 aliphatic rings. The molecule has 2 aromatic heterocycles. The fourth-order valence-electron chi connectivity index (χ4n) is 2.61. The number of hydrogen-bond donors (Lipinski definition) is 1. The smallest absolute Gasteiger partial charge is 0.272 e. The second-order valence-electron chi connectivity index (χ2n) is 5.90. The van der Waals surface area contributed by atoms with Crippen molar-refractivity contribution in [2.75, 3.05) is 13.2 Å². The molecule has 1 N–H and O–H groups in total. The molecule has 0 spiro atoms. The molecule has 0 saturated carbocycles. The Morgan fingerprint density at radius 2 is 1.96 bits per heavy atom. The van der Waals surface area contributed by atoms with Crippen LogP contribution in [0.15, 0.2) is 45.7 Å². The molecule has 0 atom stereocenters. The highest BCUT2D eigenvalue weighted by Crippen LogP contribution is 2.34. The van der Waals surface area contributed by atoms with Crippen molar-refractivity contribution < 1.29 is 18.8 Å². The average Bonchev–Trinajstić information content (AvgIpc) is 3.17. The van der Waals surface area contributed by atoms with Gasteiger partial charge in [-0.25, -0.2) is 4.68 Å². The van der Waals surface area contributed by atoms with E-state index in [2.05, 4.69) is 15.6 Å². The summed E-state index contributed by atoms with van der Waals surface area (Å²) in [5, 5.41) is 10.6. The lowest BCUT2D eigenvalue weighted by Crippen LogP contribution is -2.28. The van der Waals surface area contributed by atoms with Crippen molar-refractivity contribution in [1.82, 2.24) is 20.3 Å². The summed E-state index contributed by atoms with van der Waals surface area (Å²) in [6.45, 7) is 1.20. The van der Waals surface area contributed by atoms with E-state index in [4.69, 9.17) is 14.0 Å². The van der Waals surface area contributed by atoms with Crippen molar-refractivity contribution in [1.29, 1.82) is 0 Å². The van der Waals surface area contributed by atoms with Crippen LogP contribution in [0.2, 0.25) is 0 Å². The number of aryl methyl sites for hydroxylation is 1. The minimum absolute atomic E-state index is 0.146. The molecule has 0 radical (unpaired) electrons. The number of amides is 1. The van der Waals surface area contributed by atoms with Crippen LogP contribution in [-0.4, -0.2) is 34.1 Å². The number of ether oxygens (including phenoxy) is 2. The number of benzene rings is 1. The summed E-state index contributed by atoms with van der Waals surface area (Å²) >= 11 is 0. The fourth-order valence-corrected chi connectivity index (χ4v) is 2.61. The molecule has 9 heteroatoms. The Hall–Kier alpha value is -3.62. The first-order valence-corrected chi connectivity index (χ1v) is 8.28. The zero-order valence-corrected chi connectivity index (χ0v) is 14.5. The van der Waals surface area contributed by atoms with Gasteiger partial charge in [0, 0.05) is 24.7 Å². The topological polar surface area (TPSA) is 108 Å². The lowest BCUT2D eigenvalue weighted by molar-refractivity contribution is 0.0942. The van der Waals surface area contributed by atoms with Gasteiger partial charge in [-0.1, -0.05) is 5.16 Å². The van der Waals surface area contributed by atoms with Crippen LogP contribution in [0.1, 0.15) is 16.2 Å². The monoisotopic (exact) mass is 368 g/mol. The van der Waals surface area contributed by atoms with Crippen LogP contribution in [-0.2, 0) is 13.6 Å². The second kappa shape index (κ2) is 6.94. The van der Waals surface area contributed by atoms with E-state index in [0.717, 1.165) is 10.2 Å². The van der Waals surface area contributed by atoms with Crippen molar-refractivity contribution >= 4 is 5.91 Å². The highest BCUT2D eigenvalue weighted by molar-refractivity contribution is 5.91. The van der Waals surface area contributed by atoms with Crippen LogP contribution in [0, 0.1) is 0 Å². The summed E-state index contributed by atoms with van der Waals surface area (Å²) in [5.41, 5.74) is 1.21. The maximum atomic E-state index is 12.1. The van der Waals surface area contributed by atoms with Crippen LogP contribution in [0.25, 0.3) is 11.3 Å². The van der Waals surface area contributed by atoms with Crippen LogP contribution in [0.5, 0.6) is 11.5 Å². The Bertz CT molecular complexity index is 1060. The van der Waals surface area contributed by atoms with Gasteiger partial charge in [0.2, 0.25) is 0 Å². The van der Waals surface area contributed by atoms with Crippen LogP contribution >= 0.6 is 0 Å². The summed E-state index contributed by atoms with van der Waals surface area (Å²) in [4.78, 5) is 23.5. The van der Waals surface area contributed by atoms with E-state index in [0.29, 0.717) is 36.2 Å². The van der Waals surface area contributed by atoms with Crippen molar-refractivity contribution in [2.45, 2.75) is 6.54 Å². The molecule has 0 fully saturated rings. The first-order chi connectivity index (χ1) is 13.1. The van der Waals surface area contributed by atoms with Gasteiger partial charge in [0.15, 0.2) is 17.3 Å². The van der Waals surface area contributed by atoms with Gasteiger partial charge in [-0.2, -0.15) is 5.10 Å². The van der Waals surface area contributed by atoms with Gasteiger partial charge in [-0.15, -0.1) is 0 Å². The normalized spacial score (nSPS) is 12.6. The lowest BCUT2D eigenvalue weighted by Gasteiger charge is -2.18. The first-order valence-electron chi connectivity index (χ1n) is 8.28. The molecule has 0 unspecified atom stereocenters. The molecule has 27 heavy (non-hydrogen) atoms. The zero-order valence-electron chi connectivity index (χ0n) is 14.5. The van der Waals surface area contributed by atoms with E-state index in [9.17, 15) is 9.59 Å². The van der Waals surface area contributed by atoms with Crippen molar-refractivity contribution in [3.63, 3.8) is 0 Å². The number of carbonyl (C=O) groups excluding carboxylic acids is 1. The Morgan fingerprint density at radius 1 is 1.15 bits per heavy atom. The number of nitrogens with zero attached hydrogens (tertiary/aromatic N) is 3. The average molecular weight is 368 g/mol. The predicted molar refractivity (Wildman–Crippen MR) is 93.6 cm³/mol. The number of nitrogens with one attached hydrogen (secondary N) is 1. The molecule has 3 aromatic rings. The van der Waals surface area contributed by atoms with Crippen LogP contribution in [0.4, 0.5) is 0 Å². The van der Waals surface area contributed by atoms with Gasteiger partial charge >= 0.3 is 0 Å². The van der Waals surface area contributed by atoms with Crippen molar-refractivity contribution in [2.24, 2.45) is 7.05 Å². The van der Waals surface area contributed by atoms with Crippen molar-refractivity contribution in [3.8, 4) is 22.8 Å². The SMILES string of the molecule is Cn1nc(C(=O)NCc2cc(-c3ccc4c(c3)OCCO4)on2)ccc1=O. The van der Waals surface area contributed by atoms with Gasteiger partial charge in [-0.05, 0) is 24.3 Å². The van der Waals surface area contributed by atoms with Crippen molar-refractivity contribution in [3.05, 3.63) is 58.1 Å². The van der Waals surface area contributed by atoms with E-state index in [1.165, 1.54) is 19.2 Å². The molecule has 1 aromatic carbocycles. The molecule has 138 valence electrons. The lowest BCUT2D eigenvalue weighted by atomic mass is 10.1. The van der Waals surface area contributed by atoms with Crippen LogP contribution < -0.4 is 20.3 Å². The Morgan fingerprint density at radius 3 is 2.78 bits per heavy atom. The Kier molecular flexibility index (Phi) is 4.33. The van der Waals surface area contributed by atoms with E-state index in [-0.39, 0.29) is 17.8 Å². The summed E-state index contributed by atoms with van der Waals surface area (Å²) in [7, 11) is 1.48. The molecule has 3 heterocycles. The summed E-state index contributed by atoms with van der Waals surface area (Å²) in [6, 6.07) is 9.90. The summed E-state index contributed by atoms with van der Waals surface area (Å²) < 4.78 is 17.5. The molecule has 0 aliphatic carbocycles. The minimum Gasteiger partial charge on any atom is -0.486 e. The Labute approximate surface area is 153 Å². The van der Waals surface area contributed by atoms with Gasteiger partial charge in [0.25, 0.3) is 11.5 Å². The fraction of sp³-hybridized carbons (Fsp3) is 0.222. The van der Waals surface area contributed by atoms with Gasteiger partial charge in [-0.3, -0.25) is 9.59 Å². The number of hydrogen-bond acceptors (Lipinski definition) is 7. The third kappa shape index (κ3) is 3.52. The van der Waals surface area contributed by atoms with Gasteiger partial charge in [0.1, 0.15) is 24.6 Å². The summed E-state index contributed by atoms with van der Waals surface area (Å²) in [5.74, 6) is 1.50. The number of aromatic nitrogens is 3. The molecule has 4 rings (SSSR count). The molecule has 9 nitrogen and oxygen atoms in total. The number of rotatable bonds is 4. The third-order valence-electron chi connectivity index (χ3n) is 4.01. The molecular weight excluding hydrogens is 352 g/mol. The molecule has 0 bridgehead atoms. The number of carbonyl (C=O) groups is 1. The van der Waals surface area contributed by atoms with E-state index in [1.807, 2.05) is 18.2 Å². The zero-order chi connectivity index (χ0) is 18.8. The second-order valence-corrected chi connectivity index (χ2v) is 5.90. The quantitative estimate of drug-likeness (QED) is 0.735. The standard InChI is InChI=1S/C18H16N4O5/c1-22-17(23)5-3-13(20-22)18(24)19-10-12-9-15(27-21-12)11-2-4-14-16(8-11)26-7-6-25-14/h2-5,8-9H,6-7,10H2,1H3,(H,19,24). The van der Waals surface area contributed by atoms with Crippen LogP contribution in [0.3, 0.4) is 0 Å². The van der Waals surface area contributed by atoms with E-state index in [1.54, 1.807) is 6.07 Å². The molecule has 1 aliphatic heterocycles. The maximum Gasteiger partial charge on any atom is 0.272 e. The minimum atomic E-state index is -0.408. The highest BCUT2D eigenvalue weighted by atomic mass is 16.6. The molecule has 0 saturated heterocycles. The Balaban J connectivity index is 1.44. The summed E-state index contributed by atoms with van der Waals surface area (Å²) in [6.07, 6.45) is 0. The molecular formula is C18H16N4O5. The third-order valence-corrected chi connectivity index (χ3v) is 4.01. The van der Waals surface area contributed by atoms with Gasteiger partial charge < -0.3 is 19.3 Å². The van der Waals surface area contributed by atoms with E-state index >= 15 is 0 Å². The highest BCUT2D eigenvalue weighted by Gasteiger charge is 2.15. The van der Waals surface area contributed by atoms with E-state index < -0.39 is 5.91 Å². The largest absolute Gasteiger partial charge is 0.486 e.